The summed E-state index contributed by atoms with van der Waals surface area (Å²) in [7, 11) is 1.16. The van der Waals surface area contributed by atoms with Crippen LogP contribution in [-0.2, 0) is 21.4 Å². The largest absolute Gasteiger partial charge is 0.414 e. The number of fused-ring (bicyclic) bond motifs is 1. The number of anilines is 1. The number of pyridine rings is 1. The van der Waals surface area contributed by atoms with Crippen molar-refractivity contribution in [3.63, 3.8) is 0 Å². The highest BCUT2D eigenvalue weighted by molar-refractivity contribution is 5.81. The minimum Gasteiger partial charge on any atom is -0.380 e. The highest BCUT2D eigenvalue weighted by Crippen LogP contribution is 2.41. The van der Waals surface area contributed by atoms with Gasteiger partial charge >= 0.3 is 6.18 Å². The quantitative estimate of drug-likeness (QED) is 0.681. The van der Waals surface area contributed by atoms with Gasteiger partial charge in [0.2, 0.25) is 11.8 Å². The highest BCUT2D eigenvalue weighted by atomic mass is 19.4. The molecule has 2 amide bonds. The number of benzene rings is 1. The molecular formula is C26H31F3N4O2. The first kappa shape index (κ1) is 25.0. The second-order valence-corrected chi connectivity index (χ2v) is 10.1. The van der Waals surface area contributed by atoms with Gasteiger partial charge in [-0.1, -0.05) is 38.1 Å². The lowest BCUT2D eigenvalue weighted by atomic mass is 9.83. The lowest BCUT2D eigenvalue weighted by Crippen LogP contribution is -2.43. The van der Waals surface area contributed by atoms with Gasteiger partial charge in [-0.05, 0) is 36.1 Å². The van der Waals surface area contributed by atoms with Gasteiger partial charge in [-0.15, -0.1) is 0 Å². The number of carbonyl (C=O) groups excluding carboxylic acids is 2. The van der Waals surface area contributed by atoms with Crippen molar-refractivity contribution in [3.8, 4) is 0 Å². The van der Waals surface area contributed by atoms with E-state index in [4.69, 9.17) is 0 Å². The number of likely N-dealkylation sites (tertiary alicyclic amines) is 1. The Morgan fingerprint density at radius 2 is 1.91 bits per heavy atom. The van der Waals surface area contributed by atoms with E-state index in [1.54, 1.807) is 6.07 Å². The molecule has 2 aromatic rings. The Kier molecular flexibility index (Phi) is 6.55. The summed E-state index contributed by atoms with van der Waals surface area (Å²) in [4.78, 5) is 30.8. The number of aromatic nitrogens is 1. The fraction of sp³-hybridized carbons (Fsp3) is 0.500. The molecule has 1 saturated heterocycles. The van der Waals surface area contributed by atoms with E-state index in [1.165, 1.54) is 35.2 Å². The molecule has 1 aromatic heterocycles. The van der Waals surface area contributed by atoms with Crippen LogP contribution in [0.3, 0.4) is 0 Å². The number of hydrogen-bond donors (Lipinski definition) is 1. The van der Waals surface area contributed by atoms with Crippen LogP contribution >= 0.6 is 0 Å². The van der Waals surface area contributed by atoms with E-state index in [2.05, 4.69) is 36.3 Å². The number of amides is 2. The number of carbonyl (C=O) groups is 2. The van der Waals surface area contributed by atoms with Gasteiger partial charge in [0.25, 0.3) is 0 Å². The van der Waals surface area contributed by atoms with Gasteiger partial charge < -0.3 is 15.1 Å². The molecule has 1 N–H and O–H groups in total. The SMILES string of the molecule is CC(=O)N1CC[C@H](C(=O)N(C)[C@@H](c2ccc(N[C@H]3Cc4ccccc4C3(C)C)cn2)C(F)(F)F)C1. The van der Waals surface area contributed by atoms with E-state index in [9.17, 15) is 22.8 Å². The minimum absolute atomic E-state index is 0.0711. The molecule has 35 heavy (non-hydrogen) atoms. The lowest BCUT2D eigenvalue weighted by Gasteiger charge is -2.32. The summed E-state index contributed by atoms with van der Waals surface area (Å²) in [5.74, 6) is -1.47. The van der Waals surface area contributed by atoms with Crippen LogP contribution in [-0.4, -0.2) is 59.0 Å². The van der Waals surface area contributed by atoms with Gasteiger partial charge in [-0.3, -0.25) is 14.6 Å². The van der Waals surface area contributed by atoms with E-state index >= 15 is 0 Å². The average Bonchev–Trinajstić information content (AvgIpc) is 3.38. The van der Waals surface area contributed by atoms with Crippen molar-refractivity contribution in [1.82, 2.24) is 14.8 Å². The highest BCUT2D eigenvalue weighted by Gasteiger charge is 2.48. The van der Waals surface area contributed by atoms with Crippen molar-refractivity contribution in [2.45, 2.75) is 57.3 Å². The van der Waals surface area contributed by atoms with Crippen LogP contribution in [0, 0.1) is 5.92 Å². The fourth-order valence-electron chi connectivity index (χ4n) is 5.32. The molecule has 4 rings (SSSR count). The summed E-state index contributed by atoms with van der Waals surface area (Å²) in [5, 5.41) is 3.43. The van der Waals surface area contributed by atoms with Gasteiger partial charge in [0.15, 0.2) is 6.04 Å². The zero-order valence-corrected chi connectivity index (χ0v) is 20.4. The van der Waals surface area contributed by atoms with Crippen LogP contribution in [0.4, 0.5) is 18.9 Å². The molecule has 3 atom stereocenters. The summed E-state index contributed by atoms with van der Waals surface area (Å²) < 4.78 is 42.2. The van der Waals surface area contributed by atoms with Gasteiger partial charge in [-0.2, -0.15) is 13.2 Å². The number of nitrogens with one attached hydrogen (secondary N) is 1. The van der Waals surface area contributed by atoms with E-state index in [1.807, 2.05) is 12.1 Å². The van der Waals surface area contributed by atoms with Gasteiger partial charge in [0.1, 0.15) is 0 Å². The third kappa shape index (κ3) is 4.86. The topological polar surface area (TPSA) is 65.5 Å². The minimum atomic E-state index is -4.69. The molecule has 2 heterocycles. The van der Waals surface area contributed by atoms with Crippen molar-refractivity contribution < 1.29 is 22.8 Å². The smallest absolute Gasteiger partial charge is 0.380 e. The zero-order valence-electron chi connectivity index (χ0n) is 20.4. The Labute approximate surface area is 203 Å². The Balaban J connectivity index is 1.50. The molecule has 0 radical (unpaired) electrons. The molecule has 6 nitrogen and oxygen atoms in total. The molecule has 2 aliphatic rings. The van der Waals surface area contributed by atoms with Gasteiger partial charge in [-0.25, -0.2) is 0 Å². The second kappa shape index (κ2) is 9.17. The first-order chi connectivity index (χ1) is 16.4. The van der Waals surface area contributed by atoms with Crippen molar-refractivity contribution in [2.24, 2.45) is 5.92 Å². The third-order valence-corrected chi connectivity index (χ3v) is 7.44. The lowest BCUT2D eigenvalue weighted by molar-refractivity contribution is -0.191. The van der Waals surface area contributed by atoms with Crippen LogP contribution in [0.15, 0.2) is 42.6 Å². The van der Waals surface area contributed by atoms with Crippen LogP contribution in [0.5, 0.6) is 0 Å². The zero-order chi connectivity index (χ0) is 25.5. The molecule has 0 bridgehead atoms. The van der Waals surface area contributed by atoms with Crippen molar-refractivity contribution in [1.29, 1.82) is 0 Å². The number of hydrogen-bond acceptors (Lipinski definition) is 4. The van der Waals surface area contributed by atoms with Crippen LogP contribution < -0.4 is 5.32 Å². The molecule has 1 aliphatic carbocycles. The van der Waals surface area contributed by atoms with Crippen molar-refractivity contribution in [2.75, 3.05) is 25.5 Å². The molecule has 188 valence electrons. The van der Waals surface area contributed by atoms with Crippen LogP contribution in [0.2, 0.25) is 0 Å². The maximum Gasteiger partial charge on any atom is 0.414 e. The summed E-state index contributed by atoms with van der Waals surface area (Å²) in [6, 6.07) is 9.05. The average molecular weight is 489 g/mol. The first-order valence-corrected chi connectivity index (χ1v) is 11.8. The number of alkyl halides is 3. The number of rotatable bonds is 5. The summed E-state index contributed by atoms with van der Waals surface area (Å²) in [5.41, 5.74) is 2.75. The Morgan fingerprint density at radius 1 is 1.20 bits per heavy atom. The third-order valence-electron chi connectivity index (χ3n) is 7.44. The Morgan fingerprint density at radius 3 is 2.49 bits per heavy atom. The molecule has 0 unspecified atom stereocenters. The first-order valence-electron chi connectivity index (χ1n) is 11.8. The predicted molar refractivity (Wildman–Crippen MR) is 127 cm³/mol. The molecule has 0 saturated carbocycles. The Bertz CT molecular complexity index is 1100. The summed E-state index contributed by atoms with van der Waals surface area (Å²) in [6.45, 7) is 6.19. The fourth-order valence-corrected chi connectivity index (χ4v) is 5.32. The molecule has 0 spiro atoms. The van der Waals surface area contributed by atoms with E-state index in [0.29, 0.717) is 18.7 Å². The predicted octanol–water partition coefficient (Wildman–Crippen LogP) is 4.33. The van der Waals surface area contributed by atoms with Gasteiger partial charge in [0, 0.05) is 38.5 Å². The monoisotopic (exact) mass is 488 g/mol. The number of nitrogens with zero attached hydrogens (tertiary/aromatic N) is 3. The second-order valence-electron chi connectivity index (χ2n) is 10.1. The maximum atomic E-state index is 14.1. The van der Waals surface area contributed by atoms with Crippen molar-refractivity contribution in [3.05, 3.63) is 59.4 Å². The molecule has 1 aromatic carbocycles. The molecule has 1 fully saturated rings. The Hall–Kier alpha value is -3.10. The van der Waals surface area contributed by atoms with Gasteiger partial charge in [0.05, 0.1) is 23.5 Å². The van der Waals surface area contributed by atoms with Crippen LogP contribution in [0.25, 0.3) is 0 Å². The van der Waals surface area contributed by atoms with E-state index < -0.39 is 24.0 Å². The maximum absolute atomic E-state index is 14.1. The van der Waals surface area contributed by atoms with E-state index in [0.717, 1.165) is 18.4 Å². The standard InChI is InChI=1S/C26H31F3N4O2/c1-16(34)33-12-11-18(15-33)24(35)32(4)23(26(27,28)29)21-10-9-19(14-30-21)31-22-13-17-7-5-6-8-20(17)25(22,2)3/h5-10,14,18,22-23,31H,11-13,15H2,1-4H3/t18-,22-,23-/m0/s1. The van der Waals surface area contributed by atoms with Crippen molar-refractivity contribution >= 4 is 17.5 Å². The van der Waals surface area contributed by atoms with E-state index in [-0.39, 0.29) is 29.6 Å². The number of halogens is 3. The molecule has 9 heteroatoms. The summed E-state index contributed by atoms with van der Waals surface area (Å²) >= 11 is 0. The molecule has 1 aliphatic heterocycles. The molecular weight excluding hydrogens is 457 g/mol. The van der Waals surface area contributed by atoms with Crippen LogP contribution in [0.1, 0.15) is 50.1 Å². The summed E-state index contributed by atoms with van der Waals surface area (Å²) in [6.07, 6.45) is -2.13. The normalized spacial score (nSPS) is 22.0.